The molecule has 1 aromatic carbocycles. The van der Waals surface area contributed by atoms with E-state index in [1.54, 1.807) is 13.2 Å². The van der Waals surface area contributed by atoms with Crippen molar-refractivity contribution in [3.63, 3.8) is 0 Å². The molecule has 0 unspecified atom stereocenters. The highest BCUT2D eigenvalue weighted by Gasteiger charge is 2.08. The number of nitrogens with zero attached hydrogens (tertiary/aromatic N) is 2. The van der Waals surface area contributed by atoms with Crippen molar-refractivity contribution in [2.75, 3.05) is 30.0 Å². The highest BCUT2D eigenvalue weighted by molar-refractivity contribution is 8.01. The standard InChI is InChI=1S/C14H18N4O2S2/c1-3-7-15-13-17-18-14(22-13)21-9-12(19)16-10-5-4-6-11(8-10)20-2/h4-6,8H,3,7,9H2,1-2H3,(H,15,17)(H,16,19). The van der Waals surface area contributed by atoms with Crippen molar-refractivity contribution in [2.45, 2.75) is 17.7 Å². The molecule has 0 aliphatic rings. The van der Waals surface area contributed by atoms with Crippen LogP contribution in [0.4, 0.5) is 10.8 Å². The first-order valence-corrected chi connectivity index (χ1v) is 8.65. The number of hydrogen-bond donors (Lipinski definition) is 2. The van der Waals surface area contributed by atoms with Gasteiger partial charge in [-0.3, -0.25) is 4.79 Å². The fourth-order valence-electron chi connectivity index (χ4n) is 1.60. The molecule has 0 aliphatic heterocycles. The van der Waals surface area contributed by atoms with E-state index in [2.05, 4.69) is 27.8 Å². The number of benzene rings is 1. The first-order valence-electron chi connectivity index (χ1n) is 6.85. The number of carbonyl (C=O) groups excluding carboxylic acids is 1. The van der Waals surface area contributed by atoms with Crippen LogP contribution >= 0.6 is 23.1 Å². The summed E-state index contributed by atoms with van der Waals surface area (Å²) in [7, 11) is 1.59. The quantitative estimate of drug-likeness (QED) is 0.720. The van der Waals surface area contributed by atoms with E-state index in [4.69, 9.17) is 4.74 Å². The van der Waals surface area contributed by atoms with Crippen molar-refractivity contribution in [1.82, 2.24) is 10.2 Å². The minimum Gasteiger partial charge on any atom is -0.497 e. The van der Waals surface area contributed by atoms with E-state index < -0.39 is 0 Å². The fraction of sp³-hybridized carbons (Fsp3) is 0.357. The Morgan fingerprint density at radius 2 is 2.27 bits per heavy atom. The van der Waals surface area contributed by atoms with Gasteiger partial charge in [0.15, 0.2) is 4.34 Å². The number of methoxy groups -OCH3 is 1. The zero-order valence-corrected chi connectivity index (χ0v) is 14.1. The second-order valence-corrected chi connectivity index (χ2v) is 6.57. The Morgan fingerprint density at radius 3 is 3.05 bits per heavy atom. The molecule has 2 rings (SSSR count). The van der Waals surface area contributed by atoms with Crippen LogP contribution in [0.15, 0.2) is 28.6 Å². The molecular formula is C14H18N4O2S2. The molecule has 0 aliphatic carbocycles. The second kappa shape index (κ2) is 8.60. The molecule has 1 aromatic heterocycles. The monoisotopic (exact) mass is 338 g/mol. The number of ether oxygens (including phenoxy) is 1. The highest BCUT2D eigenvalue weighted by atomic mass is 32.2. The van der Waals surface area contributed by atoms with Gasteiger partial charge in [0.25, 0.3) is 0 Å². The minimum atomic E-state index is -0.0866. The van der Waals surface area contributed by atoms with E-state index in [0.29, 0.717) is 17.2 Å². The Balaban J connectivity index is 1.80. The molecule has 1 heterocycles. The molecule has 2 N–H and O–H groups in total. The minimum absolute atomic E-state index is 0.0866. The summed E-state index contributed by atoms with van der Waals surface area (Å²) in [6.07, 6.45) is 1.03. The molecule has 6 nitrogen and oxygen atoms in total. The van der Waals surface area contributed by atoms with Gasteiger partial charge in [0.1, 0.15) is 5.75 Å². The lowest BCUT2D eigenvalue weighted by atomic mass is 10.3. The van der Waals surface area contributed by atoms with E-state index in [1.165, 1.54) is 23.1 Å². The number of amides is 1. The van der Waals surface area contributed by atoms with Gasteiger partial charge >= 0.3 is 0 Å². The number of carbonyl (C=O) groups is 1. The van der Waals surface area contributed by atoms with Crippen LogP contribution in [0.25, 0.3) is 0 Å². The van der Waals surface area contributed by atoms with E-state index in [0.717, 1.165) is 22.4 Å². The van der Waals surface area contributed by atoms with Crippen LogP contribution in [-0.2, 0) is 4.79 Å². The summed E-state index contributed by atoms with van der Waals surface area (Å²) in [5.41, 5.74) is 0.715. The van der Waals surface area contributed by atoms with Crippen LogP contribution in [0, 0.1) is 0 Å². The molecule has 0 fully saturated rings. The highest BCUT2D eigenvalue weighted by Crippen LogP contribution is 2.25. The van der Waals surface area contributed by atoms with E-state index in [1.807, 2.05) is 18.2 Å². The molecule has 0 spiro atoms. The zero-order chi connectivity index (χ0) is 15.8. The third-order valence-electron chi connectivity index (χ3n) is 2.61. The maximum atomic E-state index is 11.9. The van der Waals surface area contributed by atoms with Crippen molar-refractivity contribution in [3.05, 3.63) is 24.3 Å². The predicted octanol–water partition coefficient (Wildman–Crippen LogP) is 3.10. The summed E-state index contributed by atoms with van der Waals surface area (Å²) in [5.74, 6) is 0.914. The zero-order valence-electron chi connectivity index (χ0n) is 12.5. The maximum absolute atomic E-state index is 11.9. The Bertz CT molecular complexity index is 618. The second-order valence-electron chi connectivity index (χ2n) is 4.37. The van der Waals surface area contributed by atoms with Crippen LogP contribution in [0.2, 0.25) is 0 Å². The van der Waals surface area contributed by atoms with Gasteiger partial charge in [-0.25, -0.2) is 0 Å². The normalized spacial score (nSPS) is 10.3. The number of nitrogens with one attached hydrogen (secondary N) is 2. The average Bonchev–Trinajstić information content (AvgIpc) is 2.99. The van der Waals surface area contributed by atoms with E-state index >= 15 is 0 Å². The molecule has 1 amide bonds. The molecule has 0 radical (unpaired) electrons. The Hall–Kier alpha value is -1.80. The van der Waals surface area contributed by atoms with E-state index in [-0.39, 0.29) is 5.91 Å². The van der Waals surface area contributed by atoms with Crippen LogP contribution in [0.5, 0.6) is 5.75 Å². The van der Waals surface area contributed by atoms with Gasteiger partial charge in [-0.15, -0.1) is 10.2 Å². The molecule has 0 saturated carbocycles. The van der Waals surface area contributed by atoms with Crippen molar-refractivity contribution < 1.29 is 9.53 Å². The molecule has 0 atom stereocenters. The summed E-state index contributed by atoms with van der Waals surface area (Å²) >= 11 is 2.83. The number of thioether (sulfide) groups is 1. The Labute approximate surface area is 137 Å². The average molecular weight is 338 g/mol. The van der Waals surface area contributed by atoms with Crippen molar-refractivity contribution >= 4 is 39.8 Å². The number of aromatic nitrogens is 2. The van der Waals surface area contributed by atoms with Gasteiger partial charge in [-0.05, 0) is 18.6 Å². The molecule has 2 aromatic rings. The molecule has 0 saturated heterocycles. The van der Waals surface area contributed by atoms with Gasteiger partial charge in [0.2, 0.25) is 11.0 Å². The maximum Gasteiger partial charge on any atom is 0.234 e. The lowest BCUT2D eigenvalue weighted by Gasteiger charge is -2.06. The summed E-state index contributed by atoms with van der Waals surface area (Å²) in [4.78, 5) is 11.9. The summed E-state index contributed by atoms with van der Waals surface area (Å²) in [6, 6.07) is 7.26. The van der Waals surface area contributed by atoms with Crippen molar-refractivity contribution in [2.24, 2.45) is 0 Å². The third-order valence-corrected chi connectivity index (χ3v) is 4.63. The van der Waals surface area contributed by atoms with Crippen LogP contribution in [0.1, 0.15) is 13.3 Å². The molecule has 0 bridgehead atoms. The molecular weight excluding hydrogens is 320 g/mol. The number of hydrogen-bond acceptors (Lipinski definition) is 7. The Morgan fingerprint density at radius 1 is 1.41 bits per heavy atom. The first-order chi connectivity index (χ1) is 10.7. The third kappa shape index (κ3) is 5.19. The number of rotatable bonds is 8. The van der Waals surface area contributed by atoms with Gasteiger partial charge in [-0.2, -0.15) is 0 Å². The molecule has 8 heteroatoms. The molecule has 22 heavy (non-hydrogen) atoms. The lowest BCUT2D eigenvalue weighted by molar-refractivity contribution is -0.113. The van der Waals surface area contributed by atoms with Crippen LogP contribution in [0.3, 0.4) is 0 Å². The largest absolute Gasteiger partial charge is 0.497 e. The predicted molar refractivity (Wildman–Crippen MR) is 91.0 cm³/mol. The first kappa shape index (κ1) is 16.6. The Kier molecular flexibility index (Phi) is 6.47. The van der Waals surface area contributed by atoms with Crippen molar-refractivity contribution in [3.8, 4) is 5.75 Å². The van der Waals surface area contributed by atoms with Crippen LogP contribution in [-0.4, -0.2) is 35.5 Å². The smallest absolute Gasteiger partial charge is 0.234 e. The van der Waals surface area contributed by atoms with Crippen molar-refractivity contribution in [1.29, 1.82) is 0 Å². The van der Waals surface area contributed by atoms with Gasteiger partial charge in [-0.1, -0.05) is 36.1 Å². The van der Waals surface area contributed by atoms with Gasteiger partial charge in [0.05, 0.1) is 12.9 Å². The van der Waals surface area contributed by atoms with Crippen LogP contribution < -0.4 is 15.4 Å². The topological polar surface area (TPSA) is 76.1 Å². The number of anilines is 2. The van der Waals surface area contributed by atoms with Gasteiger partial charge in [0, 0.05) is 18.3 Å². The summed E-state index contributed by atoms with van der Waals surface area (Å²) in [6.45, 7) is 2.96. The van der Waals surface area contributed by atoms with E-state index in [9.17, 15) is 4.79 Å². The molecule has 118 valence electrons. The van der Waals surface area contributed by atoms with Gasteiger partial charge < -0.3 is 15.4 Å². The fourth-order valence-corrected chi connectivity index (χ4v) is 3.17. The lowest BCUT2D eigenvalue weighted by Crippen LogP contribution is -2.13. The summed E-state index contributed by atoms with van der Waals surface area (Å²) in [5, 5.41) is 14.9. The summed E-state index contributed by atoms with van der Waals surface area (Å²) < 4.78 is 5.90. The SMILES string of the molecule is CCCNc1nnc(SCC(=O)Nc2cccc(OC)c2)s1.